The molecule has 0 spiro atoms. The molecule has 5 nitrogen and oxygen atoms in total. The van der Waals surface area contributed by atoms with Crippen LogP contribution >= 0.6 is 0 Å². The van der Waals surface area contributed by atoms with Gasteiger partial charge in [-0.2, -0.15) is 0 Å². The van der Waals surface area contributed by atoms with Crippen LogP contribution in [0.4, 0.5) is 10.1 Å². The van der Waals surface area contributed by atoms with Gasteiger partial charge in [-0.1, -0.05) is 12.1 Å². The van der Waals surface area contributed by atoms with Crippen LogP contribution in [0.25, 0.3) is 0 Å². The molecule has 0 radical (unpaired) electrons. The molecular weight excluding hydrogens is 283 g/mol. The zero-order valence-electron chi connectivity index (χ0n) is 11.1. The van der Waals surface area contributed by atoms with Crippen LogP contribution in [0.1, 0.15) is 12.8 Å². The first-order valence-corrected chi connectivity index (χ1v) is 8.22. The molecule has 7 heteroatoms. The summed E-state index contributed by atoms with van der Waals surface area (Å²) in [5, 5.41) is 5.43. The zero-order chi connectivity index (χ0) is 14.8. The lowest BCUT2D eigenvalue weighted by Gasteiger charge is -2.34. The first-order valence-electron chi connectivity index (χ1n) is 6.33. The van der Waals surface area contributed by atoms with E-state index in [-0.39, 0.29) is 18.5 Å². The number of halogens is 1. The molecule has 0 atom stereocenters. The summed E-state index contributed by atoms with van der Waals surface area (Å²) in [6.07, 6.45) is 1.43. The van der Waals surface area contributed by atoms with Gasteiger partial charge >= 0.3 is 0 Å². The van der Waals surface area contributed by atoms with Gasteiger partial charge in [0.15, 0.2) is 14.6 Å². The third-order valence-electron chi connectivity index (χ3n) is 3.66. The Balaban J connectivity index is 2.31. The lowest BCUT2D eigenvalue weighted by Crippen LogP contribution is -2.55. The first kappa shape index (κ1) is 14.9. The zero-order valence-corrected chi connectivity index (χ0v) is 12.0. The predicted molar refractivity (Wildman–Crippen MR) is 74.7 cm³/mol. The minimum atomic E-state index is -3.59. The molecule has 1 amide bonds. The van der Waals surface area contributed by atoms with Crippen LogP contribution in [0.3, 0.4) is 0 Å². The van der Waals surface area contributed by atoms with Crippen LogP contribution in [0, 0.1) is 5.82 Å². The lowest BCUT2D eigenvalue weighted by atomic mass is 9.95. The van der Waals surface area contributed by atoms with Crippen LogP contribution < -0.4 is 10.6 Å². The number of amides is 1. The number of nitrogens with one attached hydrogen (secondary N) is 2. The van der Waals surface area contributed by atoms with E-state index in [2.05, 4.69) is 10.6 Å². The molecule has 1 aromatic rings. The Hall–Kier alpha value is -1.47. The second-order valence-electron chi connectivity index (χ2n) is 4.95. The van der Waals surface area contributed by atoms with Crippen molar-refractivity contribution in [3.63, 3.8) is 0 Å². The largest absolute Gasteiger partial charge is 0.322 e. The highest BCUT2D eigenvalue weighted by atomic mass is 32.2. The van der Waals surface area contributed by atoms with Crippen molar-refractivity contribution in [2.24, 2.45) is 0 Å². The summed E-state index contributed by atoms with van der Waals surface area (Å²) in [6.45, 7) is 0.884. The van der Waals surface area contributed by atoms with E-state index in [0.29, 0.717) is 13.1 Å². The molecule has 1 aliphatic heterocycles. The Kier molecular flexibility index (Phi) is 4.10. The van der Waals surface area contributed by atoms with Crippen molar-refractivity contribution in [1.82, 2.24) is 5.32 Å². The summed E-state index contributed by atoms with van der Waals surface area (Å²) in [6, 6.07) is 5.70. The monoisotopic (exact) mass is 300 g/mol. The van der Waals surface area contributed by atoms with E-state index in [0.717, 1.165) is 6.26 Å². The van der Waals surface area contributed by atoms with Crippen molar-refractivity contribution < 1.29 is 17.6 Å². The summed E-state index contributed by atoms with van der Waals surface area (Å²) in [7, 11) is -3.59. The maximum Gasteiger partial charge on any atom is 0.246 e. The van der Waals surface area contributed by atoms with Gasteiger partial charge in [-0.05, 0) is 38.1 Å². The number of rotatable bonds is 3. The molecular formula is C13H17FN2O3S. The Morgan fingerprint density at radius 2 is 1.90 bits per heavy atom. The number of benzene rings is 1. The topological polar surface area (TPSA) is 75.3 Å². The maximum atomic E-state index is 13.6. The molecule has 1 heterocycles. The lowest BCUT2D eigenvalue weighted by molar-refractivity contribution is -0.119. The van der Waals surface area contributed by atoms with E-state index < -0.39 is 26.3 Å². The number of sulfone groups is 1. The highest BCUT2D eigenvalue weighted by Gasteiger charge is 2.48. The Morgan fingerprint density at radius 1 is 1.30 bits per heavy atom. The van der Waals surface area contributed by atoms with E-state index in [9.17, 15) is 17.6 Å². The van der Waals surface area contributed by atoms with Crippen molar-refractivity contribution in [2.75, 3.05) is 24.7 Å². The number of hydrogen-bond donors (Lipinski definition) is 2. The molecule has 1 aliphatic rings. The summed E-state index contributed by atoms with van der Waals surface area (Å²) < 4.78 is 36.2. The molecule has 0 saturated carbocycles. The maximum absolute atomic E-state index is 13.6. The minimum absolute atomic E-state index is 0.000873. The van der Waals surface area contributed by atoms with E-state index in [1.54, 1.807) is 6.07 Å². The number of carbonyl (C=O) groups is 1. The molecule has 2 rings (SSSR count). The number of anilines is 1. The quantitative estimate of drug-likeness (QED) is 0.871. The van der Waals surface area contributed by atoms with Gasteiger partial charge in [0, 0.05) is 6.26 Å². The number of para-hydroxylation sites is 1. The SMILES string of the molecule is CS(=O)(=O)C1(C(=O)Nc2ccccc2F)CCNCC1. The van der Waals surface area contributed by atoms with Gasteiger partial charge < -0.3 is 10.6 Å². The van der Waals surface area contributed by atoms with E-state index in [1.165, 1.54) is 18.2 Å². The third-order valence-corrected chi connectivity index (χ3v) is 5.67. The number of hydrogen-bond acceptors (Lipinski definition) is 4. The van der Waals surface area contributed by atoms with Crippen LogP contribution in [0.15, 0.2) is 24.3 Å². The molecule has 2 N–H and O–H groups in total. The van der Waals surface area contributed by atoms with E-state index in [4.69, 9.17) is 0 Å². The highest BCUT2D eigenvalue weighted by Crippen LogP contribution is 2.29. The molecule has 1 saturated heterocycles. The fraction of sp³-hybridized carbons (Fsp3) is 0.462. The third kappa shape index (κ3) is 2.69. The molecule has 1 fully saturated rings. The van der Waals surface area contributed by atoms with Crippen LogP contribution in [-0.2, 0) is 14.6 Å². The predicted octanol–water partition coefficient (Wildman–Crippen LogP) is 0.931. The van der Waals surface area contributed by atoms with Gasteiger partial charge in [0.2, 0.25) is 5.91 Å². The molecule has 0 bridgehead atoms. The summed E-state index contributed by atoms with van der Waals surface area (Å²) in [5.74, 6) is -1.25. The van der Waals surface area contributed by atoms with Gasteiger partial charge in [-0.3, -0.25) is 4.79 Å². The molecule has 1 aromatic carbocycles. The van der Waals surface area contributed by atoms with Crippen LogP contribution in [-0.4, -0.2) is 38.4 Å². The second-order valence-corrected chi connectivity index (χ2v) is 7.28. The average Bonchev–Trinajstić information content (AvgIpc) is 2.41. The molecule has 110 valence electrons. The smallest absolute Gasteiger partial charge is 0.246 e. The van der Waals surface area contributed by atoms with Gasteiger partial charge in [-0.25, -0.2) is 12.8 Å². The second kappa shape index (κ2) is 5.49. The molecule has 0 unspecified atom stereocenters. The molecule has 20 heavy (non-hydrogen) atoms. The van der Waals surface area contributed by atoms with Crippen molar-refractivity contribution >= 4 is 21.4 Å². The van der Waals surface area contributed by atoms with Gasteiger partial charge in [-0.15, -0.1) is 0 Å². The Morgan fingerprint density at radius 3 is 2.45 bits per heavy atom. The average molecular weight is 300 g/mol. The van der Waals surface area contributed by atoms with E-state index in [1.807, 2.05) is 0 Å². The fourth-order valence-corrected chi connectivity index (χ4v) is 3.73. The Bertz CT molecular complexity index is 610. The van der Waals surface area contributed by atoms with Crippen molar-refractivity contribution in [3.05, 3.63) is 30.1 Å². The first-order chi connectivity index (χ1) is 9.37. The standard InChI is InChI=1S/C13H17FN2O3S/c1-20(18,19)13(6-8-15-9-7-13)12(17)16-11-5-3-2-4-10(11)14/h2-5,15H,6-9H2,1H3,(H,16,17). The summed E-state index contributed by atoms with van der Waals surface area (Å²) in [5.41, 5.74) is -0.000873. The normalized spacial score (nSPS) is 18.5. The van der Waals surface area contributed by atoms with Gasteiger partial charge in [0.1, 0.15) is 5.82 Å². The number of carbonyl (C=O) groups excluding carboxylic acids is 1. The Labute approximate surface area is 117 Å². The van der Waals surface area contributed by atoms with Crippen molar-refractivity contribution in [2.45, 2.75) is 17.6 Å². The molecule has 0 aliphatic carbocycles. The number of piperidine rings is 1. The van der Waals surface area contributed by atoms with Gasteiger partial charge in [0.25, 0.3) is 0 Å². The van der Waals surface area contributed by atoms with Crippen molar-refractivity contribution in [3.8, 4) is 0 Å². The summed E-state index contributed by atoms with van der Waals surface area (Å²) in [4.78, 5) is 12.4. The highest BCUT2D eigenvalue weighted by molar-refractivity contribution is 7.92. The summed E-state index contributed by atoms with van der Waals surface area (Å²) >= 11 is 0. The van der Waals surface area contributed by atoms with Crippen LogP contribution in [0.2, 0.25) is 0 Å². The van der Waals surface area contributed by atoms with Crippen LogP contribution in [0.5, 0.6) is 0 Å². The van der Waals surface area contributed by atoms with E-state index >= 15 is 0 Å². The van der Waals surface area contributed by atoms with Crippen molar-refractivity contribution in [1.29, 1.82) is 0 Å². The minimum Gasteiger partial charge on any atom is -0.322 e. The molecule has 0 aromatic heterocycles. The van der Waals surface area contributed by atoms with Gasteiger partial charge in [0.05, 0.1) is 5.69 Å². The fourth-order valence-electron chi connectivity index (χ4n) is 2.40.